The van der Waals surface area contributed by atoms with Crippen LogP contribution in [0.1, 0.15) is 30.9 Å². The Morgan fingerprint density at radius 3 is 2.83 bits per heavy atom. The molecule has 2 unspecified atom stereocenters. The van der Waals surface area contributed by atoms with Gasteiger partial charge in [-0.2, -0.15) is 0 Å². The summed E-state index contributed by atoms with van der Waals surface area (Å²) in [5, 5.41) is 11.0. The van der Waals surface area contributed by atoms with Crippen molar-refractivity contribution in [1.29, 1.82) is 0 Å². The molecule has 3 heteroatoms. The molecule has 2 atom stereocenters. The Morgan fingerprint density at radius 2 is 2.28 bits per heavy atom. The molecule has 1 aliphatic rings. The van der Waals surface area contributed by atoms with E-state index in [0.29, 0.717) is 13.2 Å². The summed E-state index contributed by atoms with van der Waals surface area (Å²) in [5.41, 5.74) is 6.71. The van der Waals surface area contributed by atoms with Gasteiger partial charge in [0.25, 0.3) is 0 Å². The molecule has 100 valence electrons. The Bertz CT molecular complexity index is 409. The lowest BCUT2D eigenvalue weighted by atomic mass is 9.66. The Balaban J connectivity index is 2.38. The normalized spacial score (nSPS) is 27.8. The van der Waals surface area contributed by atoms with E-state index in [0.717, 1.165) is 30.6 Å². The zero-order valence-corrected chi connectivity index (χ0v) is 11.3. The smallest absolute Gasteiger partial charge is 0.0958 e. The van der Waals surface area contributed by atoms with Crippen molar-refractivity contribution in [2.45, 2.75) is 32.3 Å². The molecule has 1 aromatic rings. The Labute approximate surface area is 109 Å². The maximum Gasteiger partial charge on any atom is 0.0958 e. The average molecular weight is 249 g/mol. The van der Waals surface area contributed by atoms with Crippen molar-refractivity contribution in [3.8, 4) is 0 Å². The Hall–Kier alpha value is -0.900. The highest BCUT2D eigenvalue weighted by Gasteiger charge is 2.48. The van der Waals surface area contributed by atoms with Gasteiger partial charge in [0.2, 0.25) is 0 Å². The second-order valence-corrected chi connectivity index (χ2v) is 5.58. The summed E-state index contributed by atoms with van der Waals surface area (Å²) in [7, 11) is 0. The van der Waals surface area contributed by atoms with Crippen LogP contribution in [0.2, 0.25) is 0 Å². The molecule has 0 radical (unpaired) electrons. The highest BCUT2D eigenvalue weighted by atomic mass is 16.5. The third-order valence-electron chi connectivity index (χ3n) is 4.33. The fourth-order valence-electron chi connectivity index (χ4n) is 2.85. The molecule has 1 aliphatic heterocycles. The van der Waals surface area contributed by atoms with E-state index in [1.807, 2.05) is 38.1 Å². The van der Waals surface area contributed by atoms with Crippen molar-refractivity contribution in [2.75, 3.05) is 19.8 Å². The van der Waals surface area contributed by atoms with Gasteiger partial charge in [0.1, 0.15) is 0 Å². The SMILES string of the molecule is Cc1cccc(C(C)(O)C2(CN)CCCOC2)c1. The van der Waals surface area contributed by atoms with Crippen molar-refractivity contribution in [3.05, 3.63) is 35.4 Å². The van der Waals surface area contributed by atoms with Crippen LogP contribution >= 0.6 is 0 Å². The van der Waals surface area contributed by atoms with E-state index in [1.165, 1.54) is 0 Å². The molecule has 0 amide bonds. The summed E-state index contributed by atoms with van der Waals surface area (Å²) in [6.07, 6.45) is 1.86. The van der Waals surface area contributed by atoms with E-state index >= 15 is 0 Å². The average Bonchev–Trinajstić information content (AvgIpc) is 2.39. The van der Waals surface area contributed by atoms with E-state index in [9.17, 15) is 5.11 Å². The van der Waals surface area contributed by atoms with Crippen LogP contribution in [0.3, 0.4) is 0 Å². The summed E-state index contributed by atoms with van der Waals surface area (Å²) in [6.45, 7) is 5.64. The standard InChI is InChI=1S/C15H23NO2/c1-12-5-3-6-13(9-12)14(2,17)15(10-16)7-4-8-18-11-15/h3,5-6,9,17H,4,7-8,10-11,16H2,1-2H3. The molecule has 1 saturated heterocycles. The first-order valence-electron chi connectivity index (χ1n) is 6.59. The molecule has 1 heterocycles. The van der Waals surface area contributed by atoms with Crippen LogP contribution in [0.25, 0.3) is 0 Å². The number of rotatable bonds is 3. The van der Waals surface area contributed by atoms with E-state index in [2.05, 4.69) is 0 Å². The Morgan fingerprint density at radius 1 is 1.50 bits per heavy atom. The van der Waals surface area contributed by atoms with Crippen molar-refractivity contribution >= 4 is 0 Å². The molecule has 0 aromatic heterocycles. The molecule has 3 N–H and O–H groups in total. The van der Waals surface area contributed by atoms with Crippen LogP contribution in [0.4, 0.5) is 0 Å². The zero-order chi connectivity index (χ0) is 13.2. The first-order valence-corrected chi connectivity index (χ1v) is 6.59. The molecule has 0 spiro atoms. The summed E-state index contributed by atoms with van der Waals surface area (Å²) in [6, 6.07) is 8.02. The summed E-state index contributed by atoms with van der Waals surface area (Å²) < 4.78 is 5.57. The first-order chi connectivity index (χ1) is 8.52. The summed E-state index contributed by atoms with van der Waals surface area (Å²) in [5.74, 6) is 0. The van der Waals surface area contributed by atoms with Crippen LogP contribution in [0, 0.1) is 12.3 Å². The first kappa shape index (κ1) is 13.5. The molecule has 2 rings (SSSR count). The van der Waals surface area contributed by atoms with Gasteiger partial charge in [-0.05, 0) is 32.3 Å². The molecule has 0 aliphatic carbocycles. The van der Waals surface area contributed by atoms with Gasteiger partial charge in [-0.1, -0.05) is 29.8 Å². The van der Waals surface area contributed by atoms with Crippen LogP contribution in [-0.4, -0.2) is 24.9 Å². The van der Waals surface area contributed by atoms with E-state index in [4.69, 9.17) is 10.5 Å². The molecular formula is C15H23NO2. The maximum atomic E-state index is 11.0. The van der Waals surface area contributed by atoms with Gasteiger partial charge in [-0.15, -0.1) is 0 Å². The third kappa shape index (κ3) is 2.18. The highest BCUT2D eigenvalue weighted by Crippen LogP contribution is 2.44. The van der Waals surface area contributed by atoms with Gasteiger partial charge in [0.05, 0.1) is 12.2 Å². The number of ether oxygens (including phenoxy) is 1. The van der Waals surface area contributed by atoms with Crippen molar-refractivity contribution in [3.63, 3.8) is 0 Å². The van der Waals surface area contributed by atoms with E-state index in [1.54, 1.807) is 0 Å². The zero-order valence-electron chi connectivity index (χ0n) is 11.3. The lowest BCUT2D eigenvalue weighted by Gasteiger charge is -2.47. The van der Waals surface area contributed by atoms with Crippen molar-refractivity contribution < 1.29 is 9.84 Å². The summed E-state index contributed by atoms with van der Waals surface area (Å²) in [4.78, 5) is 0. The highest BCUT2D eigenvalue weighted by molar-refractivity contribution is 5.29. The molecule has 3 nitrogen and oxygen atoms in total. The van der Waals surface area contributed by atoms with Crippen LogP contribution < -0.4 is 5.73 Å². The molecule has 18 heavy (non-hydrogen) atoms. The molecule has 1 fully saturated rings. The molecule has 0 saturated carbocycles. The van der Waals surface area contributed by atoms with Crippen molar-refractivity contribution in [1.82, 2.24) is 0 Å². The van der Waals surface area contributed by atoms with E-state index in [-0.39, 0.29) is 5.41 Å². The fraction of sp³-hybridized carbons (Fsp3) is 0.600. The lowest BCUT2D eigenvalue weighted by Crippen LogP contribution is -2.53. The molecular weight excluding hydrogens is 226 g/mol. The van der Waals surface area contributed by atoms with Crippen molar-refractivity contribution in [2.24, 2.45) is 11.1 Å². The predicted molar refractivity (Wildman–Crippen MR) is 72.3 cm³/mol. The van der Waals surface area contributed by atoms with Crippen LogP contribution in [-0.2, 0) is 10.3 Å². The van der Waals surface area contributed by atoms with Crippen LogP contribution in [0.5, 0.6) is 0 Å². The number of hydrogen-bond acceptors (Lipinski definition) is 3. The number of benzene rings is 1. The monoisotopic (exact) mass is 249 g/mol. The van der Waals surface area contributed by atoms with E-state index < -0.39 is 5.60 Å². The number of hydrogen-bond donors (Lipinski definition) is 2. The second kappa shape index (κ2) is 5.00. The minimum Gasteiger partial charge on any atom is -0.385 e. The molecule has 1 aromatic carbocycles. The Kier molecular flexibility index (Phi) is 3.76. The predicted octanol–water partition coefficient (Wildman–Crippen LogP) is 1.96. The second-order valence-electron chi connectivity index (χ2n) is 5.58. The largest absolute Gasteiger partial charge is 0.385 e. The van der Waals surface area contributed by atoms with Gasteiger partial charge in [-0.3, -0.25) is 0 Å². The van der Waals surface area contributed by atoms with Gasteiger partial charge in [0.15, 0.2) is 0 Å². The fourth-order valence-corrected chi connectivity index (χ4v) is 2.85. The minimum absolute atomic E-state index is 0.376. The minimum atomic E-state index is -0.950. The quantitative estimate of drug-likeness (QED) is 0.861. The summed E-state index contributed by atoms with van der Waals surface area (Å²) >= 11 is 0. The van der Waals surface area contributed by atoms with Gasteiger partial charge >= 0.3 is 0 Å². The third-order valence-corrected chi connectivity index (χ3v) is 4.33. The van der Waals surface area contributed by atoms with Crippen LogP contribution in [0.15, 0.2) is 24.3 Å². The number of aliphatic hydroxyl groups is 1. The maximum absolute atomic E-state index is 11.0. The number of aryl methyl sites for hydroxylation is 1. The topological polar surface area (TPSA) is 55.5 Å². The molecule has 0 bridgehead atoms. The van der Waals surface area contributed by atoms with Gasteiger partial charge < -0.3 is 15.6 Å². The lowest BCUT2D eigenvalue weighted by molar-refractivity contribution is -0.139. The van der Waals surface area contributed by atoms with Gasteiger partial charge in [-0.25, -0.2) is 0 Å². The number of nitrogens with two attached hydrogens (primary N) is 1. The van der Waals surface area contributed by atoms with Gasteiger partial charge in [0, 0.05) is 18.6 Å².